The molecule has 3 heterocycles. The molecule has 5 aromatic rings. The number of carbonyl (C=O) groups is 1. The number of fused-ring (bicyclic) bond motifs is 2. The molecule has 3 aromatic carbocycles. The van der Waals surface area contributed by atoms with Gasteiger partial charge < -0.3 is 18.8 Å². The molecule has 0 N–H and O–H groups in total. The van der Waals surface area contributed by atoms with Crippen molar-refractivity contribution in [2.45, 2.75) is 26.4 Å². The van der Waals surface area contributed by atoms with Crippen molar-refractivity contribution in [1.29, 1.82) is 0 Å². The number of hydrogen-bond donors (Lipinski definition) is 0. The fourth-order valence-electron chi connectivity index (χ4n) is 5.66. The van der Waals surface area contributed by atoms with Crippen molar-refractivity contribution in [2.75, 3.05) is 20.8 Å². The van der Waals surface area contributed by atoms with E-state index in [1.165, 1.54) is 18.4 Å². The first-order valence-electron chi connectivity index (χ1n) is 14.2. The molecule has 2 aromatic heterocycles. The number of esters is 1. The van der Waals surface area contributed by atoms with Crippen molar-refractivity contribution < 1.29 is 19.0 Å². The van der Waals surface area contributed by atoms with E-state index in [4.69, 9.17) is 30.8 Å². The maximum absolute atomic E-state index is 14.3. The lowest BCUT2D eigenvalue weighted by molar-refractivity contribution is -0.139. The van der Waals surface area contributed by atoms with Gasteiger partial charge in [-0.2, -0.15) is 0 Å². The topological polar surface area (TPSA) is 84.1 Å². The second kappa shape index (κ2) is 12.7. The molecule has 1 aliphatic rings. The maximum Gasteiger partial charge on any atom is 0.338 e. The van der Waals surface area contributed by atoms with Gasteiger partial charge in [0, 0.05) is 38.7 Å². The highest BCUT2D eigenvalue weighted by Crippen LogP contribution is 2.40. The largest absolute Gasteiger partial charge is 0.493 e. The lowest BCUT2D eigenvalue weighted by Crippen LogP contribution is -2.40. The number of para-hydroxylation sites is 1. The molecule has 0 amide bonds. The van der Waals surface area contributed by atoms with Crippen LogP contribution in [-0.4, -0.2) is 35.9 Å². The van der Waals surface area contributed by atoms with E-state index in [-0.39, 0.29) is 17.7 Å². The first-order chi connectivity index (χ1) is 21.7. The van der Waals surface area contributed by atoms with Crippen LogP contribution in [0.25, 0.3) is 17.0 Å². The molecular weight excluding hydrogens is 678 g/mol. The van der Waals surface area contributed by atoms with Crippen LogP contribution in [0.4, 0.5) is 0 Å². The number of benzene rings is 3. The number of methoxy groups -OCH3 is 2. The van der Waals surface area contributed by atoms with Crippen LogP contribution in [0.15, 0.2) is 92.4 Å². The smallest absolute Gasteiger partial charge is 0.338 e. The highest BCUT2D eigenvalue weighted by molar-refractivity contribution is 9.10. The van der Waals surface area contributed by atoms with Gasteiger partial charge in [-0.25, -0.2) is 9.79 Å². The number of allylic oxidation sites excluding steroid dienone is 1. The van der Waals surface area contributed by atoms with Crippen LogP contribution in [0.5, 0.6) is 11.5 Å². The van der Waals surface area contributed by atoms with E-state index in [1.54, 1.807) is 37.7 Å². The first kappa shape index (κ1) is 30.9. The van der Waals surface area contributed by atoms with Crippen LogP contribution in [-0.2, 0) is 16.1 Å². The fraction of sp³-hybridized carbons (Fsp3) is 0.206. The molecule has 0 radical (unpaired) electrons. The van der Waals surface area contributed by atoms with Gasteiger partial charge in [0.2, 0.25) is 0 Å². The molecule has 0 unspecified atom stereocenters. The third-order valence-electron chi connectivity index (χ3n) is 7.66. The number of hydrogen-bond acceptors (Lipinski definition) is 7. The van der Waals surface area contributed by atoms with E-state index >= 15 is 0 Å². The normalized spacial score (nSPS) is 14.8. The Balaban J connectivity index is 1.55. The lowest BCUT2D eigenvalue weighted by atomic mass is 9.95. The highest BCUT2D eigenvalue weighted by atomic mass is 79.9. The van der Waals surface area contributed by atoms with Crippen molar-refractivity contribution in [3.63, 3.8) is 0 Å². The molecule has 0 bridgehead atoms. The van der Waals surface area contributed by atoms with Gasteiger partial charge in [-0.3, -0.25) is 9.36 Å². The van der Waals surface area contributed by atoms with Crippen LogP contribution < -0.4 is 24.4 Å². The van der Waals surface area contributed by atoms with Gasteiger partial charge in [0.1, 0.15) is 0 Å². The van der Waals surface area contributed by atoms with E-state index in [9.17, 15) is 9.59 Å². The third kappa shape index (κ3) is 5.74. The second-order valence-electron chi connectivity index (χ2n) is 10.4. The lowest BCUT2D eigenvalue weighted by Gasteiger charge is -2.26. The average molecular weight is 707 g/mol. The Morgan fingerprint density at radius 1 is 1.09 bits per heavy atom. The third-order valence-corrected chi connectivity index (χ3v) is 9.57. The van der Waals surface area contributed by atoms with Gasteiger partial charge in [-0.1, -0.05) is 69.2 Å². The number of aromatic nitrogens is 2. The molecule has 1 atom stereocenters. The second-order valence-corrected chi connectivity index (χ2v) is 12.7. The Morgan fingerprint density at radius 3 is 2.58 bits per heavy atom. The molecule has 6 rings (SSSR count). The average Bonchev–Trinajstić information content (AvgIpc) is 3.52. The number of nitrogens with zero attached hydrogens (tertiary/aromatic N) is 3. The highest BCUT2D eigenvalue weighted by Gasteiger charge is 2.35. The Hall–Kier alpha value is -4.12. The minimum Gasteiger partial charge on any atom is -0.493 e. The van der Waals surface area contributed by atoms with Gasteiger partial charge in [0.15, 0.2) is 16.3 Å². The molecule has 11 heteroatoms. The van der Waals surface area contributed by atoms with Crippen molar-refractivity contribution in [2.24, 2.45) is 4.99 Å². The van der Waals surface area contributed by atoms with E-state index in [0.29, 0.717) is 48.1 Å². The molecule has 0 saturated carbocycles. The van der Waals surface area contributed by atoms with E-state index in [1.807, 2.05) is 54.7 Å². The van der Waals surface area contributed by atoms with Gasteiger partial charge in [-0.05, 0) is 61.4 Å². The minimum atomic E-state index is -0.819. The molecule has 0 fully saturated rings. The molecule has 0 aliphatic carbocycles. The number of rotatable bonds is 8. The predicted octanol–water partition coefficient (Wildman–Crippen LogP) is 6.23. The Morgan fingerprint density at radius 2 is 1.84 bits per heavy atom. The zero-order valence-corrected chi connectivity index (χ0v) is 28.1. The summed E-state index contributed by atoms with van der Waals surface area (Å²) in [5.74, 6) is 0.431. The Kier molecular flexibility index (Phi) is 8.72. The quantitative estimate of drug-likeness (QED) is 0.179. The van der Waals surface area contributed by atoms with Crippen LogP contribution in [0, 0.1) is 0 Å². The van der Waals surface area contributed by atoms with Crippen LogP contribution in [0.2, 0.25) is 5.02 Å². The van der Waals surface area contributed by atoms with Crippen molar-refractivity contribution >= 4 is 61.8 Å². The summed E-state index contributed by atoms with van der Waals surface area (Å²) in [6, 6.07) is 18.6. The number of halogens is 2. The van der Waals surface area contributed by atoms with Crippen molar-refractivity contribution in [1.82, 2.24) is 9.13 Å². The summed E-state index contributed by atoms with van der Waals surface area (Å²) in [7, 11) is 3.09. The van der Waals surface area contributed by atoms with Gasteiger partial charge in [0.05, 0.1) is 42.7 Å². The number of carbonyl (C=O) groups excluding carboxylic acids is 1. The Labute approximate surface area is 276 Å². The summed E-state index contributed by atoms with van der Waals surface area (Å²) < 4.78 is 21.4. The molecule has 45 heavy (non-hydrogen) atoms. The molecular formula is C34H29BrClN3O5S. The van der Waals surface area contributed by atoms with Gasteiger partial charge >= 0.3 is 5.97 Å². The summed E-state index contributed by atoms with van der Waals surface area (Å²) in [5.41, 5.74) is 4.11. The van der Waals surface area contributed by atoms with Crippen molar-refractivity contribution in [3.8, 4) is 11.5 Å². The zero-order chi connectivity index (χ0) is 31.8. The molecule has 1 aliphatic heterocycles. The Bertz CT molecular complexity index is 2180. The van der Waals surface area contributed by atoms with E-state index in [2.05, 4.69) is 26.6 Å². The monoisotopic (exact) mass is 705 g/mol. The van der Waals surface area contributed by atoms with Crippen molar-refractivity contribution in [3.05, 3.63) is 124 Å². The first-order valence-corrected chi connectivity index (χ1v) is 16.2. The van der Waals surface area contributed by atoms with Crippen LogP contribution in [0.3, 0.4) is 0 Å². The fourth-order valence-corrected chi connectivity index (χ4v) is 7.45. The predicted molar refractivity (Wildman–Crippen MR) is 180 cm³/mol. The molecule has 0 spiro atoms. The SMILES string of the molecule is CCOC(=O)C1=C(C)N=c2s/c(=C\c3cn(Cc4cccc(Cl)c4)c4ccccc34)c(=O)n2[C@H]1c1cc(OC)c(OC)cc1Br. The number of ether oxygens (including phenoxy) is 3. The van der Waals surface area contributed by atoms with Gasteiger partial charge in [-0.15, -0.1) is 0 Å². The standard InChI is InChI=1S/C34H29BrClN3O5S/c1-5-44-33(41)30-19(2)37-34-39(31(30)24-15-27(42-3)28(43-4)16-25(24)35)32(40)29(45-34)14-21-18-38(26-12-7-6-11-23(21)26)17-20-9-8-10-22(36)13-20/h6-16,18,31H,5,17H2,1-4H3/b29-14-/t31-/m0/s1. The number of thiazole rings is 1. The summed E-state index contributed by atoms with van der Waals surface area (Å²) >= 11 is 11.2. The summed E-state index contributed by atoms with van der Waals surface area (Å²) in [6.07, 6.45) is 3.94. The van der Waals surface area contributed by atoms with Gasteiger partial charge in [0.25, 0.3) is 5.56 Å². The van der Waals surface area contributed by atoms with Crippen LogP contribution >= 0.6 is 38.9 Å². The zero-order valence-electron chi connectivity index (χ0n) is 25.0. The summed E-state index contributed by atoms with van der Waals surface area (Å²) in [4.78, 5) is 32.9. The molecule has 8 nitrogen and oxygen atoms in total. The maximum atomic E-state index is 14.3. The van der Waals surface area contributed by atoms with Crippen LogP contribution in [0.1, 0.15) is 36.6 Å². The van der Waals surface area contributed by atoms with E-state index in [0.717, 1.165) is 22.0 Å². The summed E-state index contributed by atoms with van der Waals surface area (Å²) in [6.45, 7) is 4.30. The summed E-state index contributed by atoms with van der Waals surface area (Å²) in [5, 5.41) is 1.69. The van der Waals surface area contributed by atoms with E-state index < -0.39 is 12.0 Å². The molecule has 0 saturated heterocycles. The molecule has 230 valence electrons. The minimum absolute atomic E-state index is 0.180.